The van der Waals surface area contributed by atoms with E-state index in [1.54, 1.807) is 5.92 Å². The van der Waals surface area contributed by atoms with Crippen molar-refractivity contribution >= 4 is 23.1 Å². The van der Waals surface area contributed by atoms with Crippen LogP contribution in [-0.4, -0.2) is 23.1 Å². The molecule has 13 heavy (non-hydrogen) atoms. The van der Waals surface area contributed by atoms with Gasteiger partial charge in [-0.05, 0) is 0 Å². The van der Waals surface area contributed by atoms with Crippen LogP contribution in [-0.2, 0) is 0 Å². The van der Waals surface area contributed by atoms with Crippen molar-refractivity contribution in [2.75, 3.05) is 0 Å². The molecule has 76 valence electrons. The first-order valence-electron chi connectivity index (χ1n) is 4.46. The zero-order valence-corrected chi connectivity index (χ0v) is 13.3. The molecule has 0 rings (SSSR count). The molecule has 0 N–H and O–H groups in total. The monoisotopic (exact) mass is 258 g/mol. The topological polar surface area (TPSA) is 0 Å². The van der Waals surface area contributed by atoms with Crippen LogP contribution in [0.2, 0.25) is 0 Å². The minimum atomic E-state index is 0. The van der Waals surface area contributed by atoms with Crippen molar-refractivity contribution in [3.63, 3.8) is 0 Å². The van der Waals surface area contributed by atoms with Crippen LogP contribution in [0.3, 0.4) is 0 Å². The summed E-state index contributed by atoms with van der Waals surface area (Å²) in [7, 11) is 0. The van der Waals surface area contributed by atoms with E-state index >= 15 is 0 Å². The van der Waals surface area contributed by atoms with Crippen molar-refractivity contribution < 1.29 is 17.0 Å². The first-order chi connectivity index (χ1) is 4.63. The molecule has 0 fully saturated rings. The summed E-state index contributed by atoms with van der Waals surface area (Å²) in [6, 6.07) is 0. The Morgan fingerprint density at radius 3 is 1.31 bits per heavy atom. The molecule has 0 amide bonds. The van der Waals surface area contributed by atoms with Gasteiger partial charge in [0.2, 0.25) is 0 Å². The summed E-state index contributed by atoms with van der Waals surface area (Å²) in [6.45, 7) is 16.0. The van der Waals surface area contributed by atoms with Crippen molar-refractivity contribution in [1.29, 1.82) is 0 Å². The van der Waals surface area contributed by atoms with E-state index in [1.807, 2.05) is 0 Å². The summed E-state index contributed by atoms with van der Waals surface area (Å²) in [5, 5.41) is 0. The molecule has 0 bridgehead atoms. The number of halogens is 1. The smallest absolute Gasteiger partial charge is 1.00 e. The van der Waals surface area contributed by atoms with Crippen molar-refractivity contribution in [1.82, 2.24) is 0 Å². The summed E-state index contributed by atoms with van der Waals surface area (Å²) >= 11 is 0. The standard InChI is InChI=1S/C11H23.BrH.Mg/c1-9(11(5,6)7)8-10(2,3)4;;/h8H2,1-7H3;1H;/q-1;;+2/p-1. The Morgan fingerprint density at radius 1 is 0.923 bits per heavy atom. The summed E-state index contributed by atoms with van der Waals surface area (Å²) in [5.41, 5.74) is 0.824. The van der Waals surface area contributed by atoms with Gasteiger partial charge < -0.3 is 22.9 Å². The average Bonchev–Trinajstić information content (AvgIpc) is 1.56. The van der Waals surface area contributed by atoms with Crippen LogP contribution in [0, 0.1) is 16.7 Å². The Morgan fingerprint density at radius 2 is 1.23 bits per heavy atom. The Hall–Kier alpha value is 1.25. The maximum atomic E-state index is 2.29. The average molecular weight is 260 g/mol. The van der Waals surface area contributed by atoms with E-state index in [0.29, 0.717) is 10.8 Å². The van der Waals surface area contributed by atoms with Crippen LogP contribution in [0.25, 0.3) is 0 Å². The van der Waals surface area contributed by atoms with E-state index in [-0.39, 0.29) is 40.0 Å². The fourth-order valence-electron chi connectivity index (χ4n) is 1.06. The minimum absolute atomic E-state index is 0. The van der Waals surface area contributed by atoms with E-state index < -0.39 is 0 Å². The maximum Gasteiger partial charge on any atom is 2.00 e. The second kappa shape index (κ2) is 6.68. The summed E-state index contributed by atoms with van der Waals surface area (Å²) < 4.78 is 0. The molecule has 0 aliphatic carbocycles. The summed E-state index contributed by atoms with van der Waals surface area (Å²) in [5.74, 6) is 1.60. The molecule has 0 radical (unpaired) electrons. The quantitative estimate of drug-likeness (QED) is 0.480. The number of hydrogen-bond acceptors (Lipinski definition) is 0. The van der Waals surface area contributed by atoms with Gasteiger partial charge in [0.25, 0.3) is 0 Å². The predicted molar refractivity (Wildman–Crippen MR) is 58.2 cm³/mol. The normalized spacial score (nSPS) is 12.0. The summed E-state index contributed by atoms with van der Waals surface area (Å²) in [4.78, 5) is 0. The Labute approximate surface area is 111 Å². The second-order valence-electron chi connectivity index (χ2n) is 5.77. The molecule has 0 aromatic rings. The number of hydrogen-bond donors (Lipinski definition) is 0. The third kappa shape index (κ3) is 11.2. The van der Waals surface area contributed by atoms with Crippen LogP contribution in [0.4, 0.5) is 0 Å². The van der Waals surface area contributed by atoms with E-state index in [9.17, 15) is 0 Å². The molecule has 0 atom stereocenters. The van der Waals surface area contributed by atoms with E-state index in [0.717, 1.165) is 0 Å². The molecular formula is C11H23BrMg. The van der Waals surface area contributed by atoms with Gasteiger partial charge in [0.1, 0.15) is 0 Å². The fourth-order valence-corrected chi connectivity index (χ4v) is 1.06. The first-order valence-corrected chi connectivity index (χ1v) is 4.46. The van der Waals surface area contributed by atoms with Crippen LogP contribution in [0.1, 0.15) is 54.9 Å². The molecule has 0 unspecified atom stereocenters. The van der Waals surface area contributed by atoms with Crippen molar-refractivity contribution in [3.8, 4) is 0 Å². The predicted octanol–water partition coefficient (Wildman–Crippen LogP) is 0.686. The Bertz CT molecular complexity index is 119. The van der Waals surface area contributed by atoms with E-state index in [1.165, 1.54) is 6.42 Å². The van der Waals surface area contributed by atoms with Crippen LogP contribution >= 0.6 is 0 Å². The third-order valence-corrected chi connectivity index (χ3v) is 2.08. The van der Waals surface area contributed by atoms with Gasteiger partial charge in [0, 0.05) is 0 Å². The maximum absolute atomic E-state index is 2.29. The molecule has 0 aromatic heterocycles. The SMILES string of the molecule is C[C-](CC(C)(C)C)C(C)(C)C.[Br-].[Mg+2]. The van der Waals surface area contributed by atoms with Gasteiger partial charge in [-0.15, -0.1) is 0 Å². The van der Waals surface area contributed by atoms with E-state index in [2.05, 4.69) is 48.5 Å². The van der Waals surface area contributed by atoms with Gasteiger partial charge in [0.05, 0.1) is 0 Å². The largest absolute Gasteiger partial charge is 2.00 e. The summed E-state index contributed by atoms with van der Waals surface area (Å²) in [6.07, 6.45) is 1.23. The molecule has 0 heterocycles. The fraction of sp³-hybridized carbons (Fsp3) is 0.909. The van der Waals surface area contributed by atoms with Crippen LogP contribution in [0.15, 0.2) is 0 Å². The van der Waals surface area contributed by atoms with Crippen molar-refractivity contribution in [2.45, 2.75) is 54.9 Å². The molecule has 2 heteroatoms. The molecule has 0 aliphatic rings. The molecule has 0 nitrogen and oxygen atoms in total. The number of rotatable bonds is 1. The van der Waals surface area contributed by atoms with Gasteiger partial charge in [-0.25, -0.2) is 0 Å². The van der Waals surface area contributed by atoms with Gasteiger partial charge in [0.15, 0.2) is 0 Å². The van der Waals surface area contributed by atoms with Gasteiger partial charge in [-0.3, -0.25) is 0 Å². The second-order valence-corrected chi connectivity index (χ2v) is 5.77. The first kappa shape index (κ1) is 19.8. The minimum Gasteiger partial charge on any atom is -1.00 e. The third-order valence-electron chi connectivity index (χ3n) is 2.08. The van der Waals surface area contributed by atoms with Gasteiger partial charge in [-0.2, -0.15) is 18.8 Å². The Balaban J connectivity index is -0.000000500. The van der Waals surface area contributed by atoms with Crippen LogP contribution < -0.4 is 17.0 Å². The molecule has 0 saturated heterocycles. The van der Waals surface area contributed by atoms with Crippen LogP contribution in [0.5, 0.6) is 0 Å². The Kier molecular flexibility index (Phi) is 10.2. The molecular weight excluding hydrogens is 236 g/mol. The van der Waals surface area contributed by atoms with Gasteiger partial charge >= 0.3 is 23.1 Å². The molecule has 0 aliphatic heterocycles. The zero-order chi connectivity index (χ0) is 9.28. The molecule has 0 saturated carbocycles. The van der Waals surface area contributed by atoms with Crippen molar-refractivity contribution in [3.05, 3.63) is 5.92 Å². The van der Waals surface area contributed by atoms with Gasteiger partial charge in [-0.1, -0.05) is 47.0 Å². The van der Waals surface area contributed by atoms with E-state index in [4.69, 9.17) is 0 Å². The van der Waals surface area contributed by atoms with Crippen molar-refractivity contribution in [2.24, 2.45) is 10.8 Å². The molecule has 0 aromatic carbocycles. The molecule has 0 spiro atoms. The zero-order valence-electron chi connectivity index (χ0n) is 10.3.